The van der Waals surface area contributed by atoms with E-state index < -0.39 is 0 Å². The molecule has 5 heteroatoms. The molecule has 21 heavy (non-hydrogen) atoms. The summed E-state index contributed by atoms with van der Waals surface area (Å²) in [5.74, 6) is 0.181. The maximum absolute atomic E-state index is 12.1. The van der Waals surface area contributed by atoms with Crippen LogP contribution in [0.1, 0.15) is 46.0 Å². The Balaban J connectivity index is 2.30. The van der Waals surface area contributed by atoms with Gasteiger partial charge in [0.15, 0.2) is 0 Å². The van der Waals surface area contributed by atoms with Crippen molar-refractivity contribution < 1.29 is 4.79 Å². The molecular weight excluding hydrogens is 264 g/mol. The van der Waals surface area contributed by atoms with Gasteiger partial charge < -0.3 is 16.0 Å². The molecule has 1 heterocycles. The van der Waals surface area contributed by atoms with Gasteiger partial charge in [0.1, 0.15) is 0 Å². The minimum atomic E-state index is -0.00847. The highest BCUT2D eigenvalue weighted by Gasteiger charge is 2.23. The molecule has 0 radical (unpaired) electrons. The molecule has 124 valence electrons. The molecule has 0 aromatic heterocycles. The standard InChI is InChI=1S/C16H34N4O/c1-3-4-9-18-16(21)15(2)20-12-7-11-19(13-14-20)10-6-5-8-17/h15H,3-14,17H2,1-2H3,(H,18,21). The number of carbonyl (C=O) groups excluding carboxylic acids is 1. The van der Waals surface area contributed by atoms with Gasteiger partial charge in [-0.25, -0.2) is 0 Å². The van der Waals surface area contributed by atoms with E-state index >= 15 is 0 Å². The molecule has 1 amide bonds. The number of hydrogen-bond acceptors (Lipinski definition) is 4. The van der Waals surface area contributed by atoms with Gasteiger partial charge in [-0.1, -0.05) is 13.3 Å². The van der Waals surface area contributed by atoms with E-state index in [9.17, 15) is 4.79 Å². The average Bonchev–Trinajstić information content (AvgIpc) is 2.72. The van der Waals surface area contributed by atoms with Crippen molar-refractivity contribution in [3.63, 3.8) is 0 Å². The molecule has 0 spiro atoms. The van der Waals surface area contributed by atoms with Crippen molar-refractivity contribution >= 4 is 5.91 Å². The van der Waals surface area contributed by atoms with E-state index in [2.05, 4.69) is 22.0 Å². The Morgan fingerprint density at radius 3 is 2.71 bits per heavy atom. The van der Waals surface area contributed by atoms with Gasteiger partial charge in [-0.05, 0) is 52.2 Å². The Hall–Kier alpha value is -0.650. The molecular formula is C16H34N4O. The Kier molecular flexibility index (Phi) is 9.63. The highest BCUT2D eigenvalue weighted by molar-refractivity contribution is 5.81. The van der Waals surface area contributed by atoms with Crippen molar-refractivity contribution in [3.8, 4) is 0 Å². The molecule has 1 saturated heterocycles. The van der Waals surface area contributed by atoms with Gasteiger partial charge in [0.2, 0.25) is 5.91 Å². The molecule has 5 nitrogen and oxygen atoms in total. The van der Waals surface area contributed by atoms with E-state index in [1.807, 2.05) is 6.92 Å². The van der Waals surface area contributed by atoms with Crippen LogP contribution < -0.4 is 11.1 Å². The Morgan fingerprint density at radius 2 is 2.00 bits per heavy atom. The van der Waals surface area contributed by atoms with Crippen LogP contribution in [0.5, 0.6) is 0 Å². The van der Waals surface area contributed by atoms with Crippen LogP contribution in [0.2, 0.25) is 0 Å². The minimum Gasteiger partial charge on any atom is -0.355 e. The number of nitrogens with two attached hydrogens (primary N) is 1. The van der Waals surface area contributed by atoms with Crippen LogP contribution in [0.3, 0.4) is 0 Å². The lowest BCUT2D eigenvalue weighted by Gasteiger charge is -2.27. The highest BCUT2D eigenvalue weighted by Crippen LogP contribution is 2.08. The summed E-state index contributed by atoms with van der Waals surface area (Å²) in [6, 6.07) is -0.00847. The van der Waals surface area contributed by atoms with Crippen LogP contribution in [0.15, 0.2) is 0 Å². The molecule has 1 rings (SSSR count). The summed E-state index contributed by atoms with van der Waals surface area (Å²) >= 11 is 0. The third-order valence-electron chi connectivity index (χ3n) is 4.31. The van der Waals surface area contributed by atoms with Crippen molar-refractivity contribution in [1.29, 1.82) is 0 Å². The van der Waals surface area contributed by atoms with Crippen LogP contribution in [0, 0.1) is 0 Å². The van der Waals surface area contributed by atoms with Crippen molar-refractivity contribution in [2.45, 2.75) is 52.0 Å². The maximum atomic E-state index is 12.1. The lowest BCUT2D eigenvalue weighted by molar-refractivity contribution is -0.125. The monoisotopic (exact) mass is 298 g/mol. The molecule has 0 aromatic rings. The third kappa shape index (κ3) is 7.25. The van der Waals surface area contributed by atoms with E-state index in [1.165, 1.54) is 6.42 Å². The smallest absolute Gasteiger partial charge is 0.237 e. The number of nitrogens with one attached hydrogen (secondary N) is 1. The average molecular weight is 298 g/mol. The Bertz CT molecular complexity index is 285. The molecule has 1 aliphatic heterocycles. The van der Waals surface area contributed by atoms with Gasteiger partial charge >= 0.3 is 0 Å². The van der Waals surface area contributed by atoms with Crippen molar-refractivity contribution in [2.75, 3.05) is 45.8 Å². The number of hydrogen-bond donors (Lipinski definition) is 2. The largest absolute Gasteiger partial charge is 0.355 e. The third-order valence-corrected chi connectivity index (χ3v) is 4.31. The van der Waals surface area contributed by atoms with Gasteiger partial charge in [0.05, 0.1) is 6.04 Å². The van der Waals surface area contributed by atoms with Crippen molar-refractivity contribution in [3.05, 3.63) is 0 Å². The van der Waals surface area contributed by atoms with Crippen LogP contribution in [0.25, 0.3) is 0 Å². The van der Waals surface area contributed by atoms with Crippen LogP contribution in [0.4, 0.5) is 0 Å². The Labute approximate surface area is 130 Å². The lowest BCUT2D eigenvalue weighted by atomic mass is 10.2. The summed E-state index contributed by atoms with van der Waals surface area (Å²) in [6.07, 6.45) is 5.62. The van der Waals surface area contributed by atoms with Gasteiger partial charge in [0, 0.05) is 26.2 Å². The van der Waals surface area contributed by atoms with Gasteiger partial charge in [-0.3, -0.25) is 9.69 Å². The fourth-order valence-corrected chi connectivity index (χ4v) is 2.78. The summed E-state index contributed by atoms with van der Waals surface area (Å²) in [5, 5.41) is 3.05. The predicted molar refractivity (Wildman–Crippen MR) is 88.3 cm³/mol. The van der Waals surface area contributed by atoms with Crippen LogP contribution in [-0.4, -0.2) is 67.6 Å². The summed E-state index contributed by atoms with van der Waals surface area (Å²) in [6.45, 7) is 11.1. The number of carbonyl (C=O) groups is 1. The highest BCUT2D eigenvalue weighted by atomic mass is 16.2. The lowest BCUT2D eigenvalue weighted by Crippen LogP contribution is -2.46. The van der Waals surface area contributed by atoms with E-state index in [0.29, 0.717) is 0 Å². The van der Waals surface area contributed by atoms with Gasteiger partial charge in [-0.2, -0.15) is 0 Å². The number of rotatable bonds is 9. The molecule has 0 bridgehead atoms. The zero-order chi connectivity index (χ0) is 15.5. The predicted octanol–water partition coefficient (Wildman–Crippen LogP) is 1.04. The molecule has 0 saturated carbocycles. The molecule has 1 unspecified atom stereocenters. The zero-order valence-electron chi connectivity index (χ0n) is 13.9. The second-order valence-corrected chi connectivity index (χ2v) is 6.05. The number of unbranched alkanes of at least 4 members (excludes halogenated alkanes) is 2. The number of nitrogens with zero attached hydrogens (tertiary/aromatic N) is 2. The molecule has 0 aromatic carbocycles. The first kappa shape index (κ1) is 18.4. The molecule has 3 N–H and O–H groups in total. The quantitative estimate of drug-likeness (QED) is 0.624. The summed E-state index contributed by atoms with van der Waals surface area (Å²) in [5.41, 5.74) is 5.55. The summed E-state index contributed by atoms with van der Waals surface area (Å²) in [7, 11) is 0. The summed E-state index contributed by atoms with van der Waals surface area (Å²) < 4.78 is 0. The fourth-order valence-electron chi connectivity index (χ4n) is 2.78. The topological polar surface area (TPSA) is 61.6 Å². The van der Waals surface area contributed by atoms with E-state index in [0.717, 1.165) is 71.5 Å². The van der Waals surface area contributed by atoms with Crippen LogP contribution >= 0.6 is 0 Å². The Morgan fingerprint density at radius 1 is 1.19 bits per heavy atom. The van der Waals surface area contributed by atoms with Gasteiger partial charge in [0.25, 0.3) is 0 Å². The van der Waals surface area contributed by atoms with Crippen molar-refractivity contribution in [2.24, 2.45) is 5.73 Å². The first-order chi connectivity index (χ1) is 10.2. The normalized spacial score (nSPS) is 19.2. The van der Waals surface area contributed by atoms with Crippen LogP contribution in [-0.2, 0) is 4.79 Å². The second kappa shape index (κ2) is 11.0. The molecule has 1 aliphatic rings. The molecule has 1 atom stereocenters. The second-order valence-electron chi connectivity index (χ2n) is 6.05. The zero-order valence-corrected chi connectivity index (χ0v) is 13.9. The molecule has 0 aliphatic carbocycles. The molecule has 1 fully saturated rings. The van der Waals surface area contributed by atoms with Gasteiger partial charge in [-0.15, -0.1) is 0 Å². The fraction of sp³-hybridized carbons (Fsp3) is 0.938. The number of amides is 1. The minimum absolute atomic E-state index is 0.00847. The summed E-state index contributed by atoms with van der Waals surface area (Å²) in [4.78, 5) is 17.0. The van der Waals surface area contributed by atoms with E-state index in [-0.39, 0.29) is 11.9 Å². The van der Waals surface area contributed by atoms with Crippen molar-refractivity contribution in [1.82, 2.24) is 15.1 Å². The SMILES string of the molecule is CCCCNC(=O)C(C)N1CCCN(CCCCN)CC1. The maximum Gasteiger partial charge on any atom is 0.237 e. The van der Waals surface area contributed by atoms with E-state index in [1.54, 1.807) is 0 Å². The first-order valence-corrected chi connectivity index (χ1v) is 8.63. The first-order valence-electron chi connectivity index (χ1n) is 8.63. The van der Waals surface area contributed by atoms with E-state index in [4.69, 9.17) is 5.73 Å².